The molecule has 8 heteroatoms. The molecule has 0 radical (unpaired) electrons. The molecule has 0 aliphatic rings. The van der Waals surface area contributed by atoms with E-state index in [-0.39, 0.29) is 12.1 Å². The molecular formula is C10H16N2O5S. The van der Waals surface area contributed by atoms with Gasteiger partial charge in [0, 0.05) is 6.54 Å². The Labute approximate surface area is 106 Å². The first-order valence-electron chi connectivity index (χ1n) is 5.04. The van der Waals surface area contributed by atoms with E-state index in [4.69, 9.17) is 10.3 Å². The second kappa shape index (κ2) is 6.31. The summed E-state index contributed by atoms with van der Waals surface area (Å²) in [6.07, 6.45) is 0.955. The van der Waals surface area contributed by atoms with Gasteiger partial charge >= 0.3 is 0 Å². The molecule has 0 aromatic rings. The quantitative estimate of drug-likeness (QED) is 0.487. The van der Waals surface area contributed by atoms with Crippen molar-refractivity contribution in [3.8, 4) is 0 Å². The van der Waals surface area contributed by atoms with Gasteiger partial charge in [0.05, 0.1) is 0 Å². The highest BCUT2D eigenvalue weighted by atomic mass is 32.2. The van der Waals surface area contributed by atoms with Gasteiger partial charge in [-0.2, -0.15) is 8.42 Å². The Morgan fingerprint density at radius 2 is 2.00 bits per heavy atom. The summed E-state index contributed by atoms with van der Waals surface area (Å²) in [4.78, 5) is 23.2. The summed E-state index contributed by atoms with van der Waals surface area (Å²) < 4.78 is 31.1. The molecule has 0 heterocycles. The van der Waals surface area contributed by atoms with Gasteiger partial charge in [0.25, 0.3) is 21.9 Å². The Balaban J connectivity index is 5.24. The molecule has 0 aliphatic carbocycles. The first-order chi connectivity index (χ1) is 8.15. The first kappa shape index (κ1) is 16.3. The molecule has 3 N–H and O–H groups in total. The minimum Gasteiger partial charge on any atom is -0.364 e. The van der Waals surface area contributed by atoms with Crippen molar-refractivity contribution < 1.29 is 22.6 Å². The van der Waals surface area contributed by atoms with Gasteiger partial charge in [-0.15, -0.1) is 0 Å². The number of amides is 2. The van der Waals surface area contributed by atoms with E-state index in [1.807, 2.05) is 0 Å². The summed E-state index contributed by atoms with van der Waals surface area (Å²) in [5.74, 6) is -1.68. The molecule has 102 valence electrons. The Kier molecular flexibility index (Phi) is 5.73. The van der Waals surface area contributed by atoms with Gasteiger partial charge in [-0.25, -0.2) is 0 Å². The highest BCUT2D eigenvalue weighted by molar-refractivity contribution is 7.86. The number of nitrogens with two attached hydrogens (primary N) is 1. The minimum absolute atomic E-state index is 0.0613. The van der Waals surface area contributed by atoms with Gasteiger partial charge in [-0.1, -0.05) is 20.1 Å². The van der Waals surface area contributed by atoms with Gasteiger partial charge in [0.15, 0.2) is 0 Å². The zero-order valence-corrected chi connectivity index (χ0v) is 10.8. The molecule has 0 aliphatic heterocycles. The van der Waals surface area contributed by atoms with Crippen LogP contribution in [0, 0.1) is 0 Å². The van der Waals surface area contributed by atoms with Crippen molar-refractivity contribution in [3.63, 3.8) is 0 Å². The lowest BCUT2D eigenvalue weighted by Crippen LogP contribution is -2.42. The number of carbonyl (C=O) groups excluding carboxylic acids is 2. The van der Waals surface area contributed by atoms with Crippen LogP contribution in [0.4, 0.5) is 0 Å². The fraction of sp³-hybridized carbons (Fsp3) is 0.400. The molecule has 0 fully saturated rings. The predicted molar refractivity (Wildman–Crippen MR) is 65.9 cm³/mol. The van der Waals surface area contributed by atoms with E-state index in [0.717, 1.165) is 11.0 Å². The van der Waals surface area contributed by atoms with Gasteiger partial charge < -0.3 is 10.6 Å². The fourth-order valence-electron chi connectivity index (χ4n) is 1.21. The second-order valence-corrected chi connectivity index (χ2v) is 5.21. The minimum atomic E-state index is -4.33. The molecule has 0 saturated carbocycles. The number of primary amides is 1. The Morgan fingerprint density at radius 3 is 2.28 bits per heavy atom. The van der Waals surface area contributed by atoms with Crippen LogP contribution in [-0.4, -0.2) is 41.5 Å². The molecule has 0 aromatic heterocycles. The zero-order valence-electron chi connectivity index (χ0n) is 10.00. The van der Waals surface area contributed by atoms with Gasteiger partial charge in [0.1, 0.15) is 10.9 Å². The van der Waals surface area contributed by atoms with Crippen LogP contribution in [0.2, 0.25) is 0 Å². The first-order valence-corrected chi connectivity index (χ1v) is 6.54. The highest BCUT2D eigenvalue weighted by Gasteiger charge is 2.28. The third-order valence-electron chi connectivity index (χ3n) is 2.31. The van der Waals surface area contributed by atoms with Crippen molar-refractivity contribution in [2.24, 2.45) is 5.73 Å². The van der Waals surface area contributed by atoms with Crippen molar-refractivity contribution in [2.45, 2.75) is 18.6 Å². The van der Waals surface area contributed by atoms with E-state index in [0.29, 0.717) is 0 Å². The standard InChI is InChI=1S/C10H16N2O5S/c1-4-8(18(15,16)17)6-12(9(13)5-2)7(3)10(11)14/h5,8H,2-4,6H2,1H3,(H2,11,14)(H,15,16,17). The van der Waals surface area contributed by atoms with Crippen LogP contribution in [0.3, 0.4) is 0 Å². The highest BCUT2D eigenvalue weighted by Crippen LogP contribution is 2.11. The van der Waals surface area contributed by atoms with Crippen molar-refractivity contribution >= 4 is 21.9 Å². The second-order valence-electron chi connectivity index (χ2n) is 3.51. The van der Waals surface area contributed by atoms with Crippen LogP contribution in [0.5, 0.6) is 0 Å². The summed E-state index contributed by atoms with van der Waals surface area (Å²) in [5.41, 5.74) is 4.62. The lowest BCUT2D eigenvalue weighted by molar-refractivity contribution is -0.127. The monoisotopic (exact) mass is 276 g/mol. The molecule has 0 bridgehead atoms. The fourth-order valence-corrected chi connectivity index (χ4v) is 1.97. The van der Waals surface area contributed by atoms with E-state index in [1.165, 1.54) is 6.92 Å². The Bertz CT molecular complexity index is 469. The Morgan fingerprint density at radius 1 is 1.50 bits per heavy atom. The van der Waals surface area contributed by atoms with Crippen LogP contribution < -0.4 is 5.73 Å². The maximum Gasteiger partial charge on any atom is 0.269 e. The molecule has 1 unspecified atom stereocenters. The van der Waals surface area contributed by atoms with E-state index in [2.05, 4.69) is 13.2 Å². The molecule has 0 saturated heterocycles. The van der Waals surface area contributed by atoms with Crippen LogP contribution in [-0.2, 0) is 19.7 Å². The SMILES string of the molecule is C=CC(=O)N(CC(CC)S(=O)(=O)O)C(=C)C(N)=O. The van der Waals surface area contributed by atoms with Crippen molar-refractivity contribution in [3.05, 3.63) is 24.9 Å². The van der Waals surface area contributed by atoms with Crippen molar-refractivity contribution in [1.29, 1.82) is 0 Å². The normalized spacial score (nSPS) is 12.6. The average Bonchev–Trinajstić information content (AvgIpc) is 2.26. The molecule has 0 spiro atoms. The summed E-state index contributed by atoms with van der Waals surface area (Å²) in [6, 6.07) is 0. The van der Waals surface area contributed by atoms with Gasteiger partial charge in [0.2, 0.25) is 0 Å². The van der Waals surface area contributed by atoms with Crippen LogP contribution >= 0.6 is 0 Å². The van der Waals surface area contributed by atoms with Crippen LogP contribution in [0.25, 0.3) is 0 Å². The largest absolute Gasteiger partial charge is 0.364 e. The third kappa shape index (κ3) is 4.30. The Hall–Kier alpha value is -1.67. The number of rotatable bonds is 7. The van der Waals surface area contributed by atoms with E-state index in [1.54, 1.807) is 0 Å². The predicted octanol–water partition coefficient (Wildman–Crippen LogP) is -0.334. The number of hydrogen-bond donors (Lipinski definition) is 2. The number of carbonyl (C=O) groups is 2. The van der Waals surface area contributed by atoms with Crippen LogP contribution in [0.15, 0.2) is 24.9 Å². The molecule has 18 heavy (non-hydrogen) atoms. The van der Waals surface area contributed by atoms with E-state index in [9.17, 15) is 18.0 Å². The lowest BCUT2D eigenvalue weighted by atomic mass is 10.2. The van der Waals surface area contributed by atoms with Crippen molar-refractivity contribution in [1.82, 2.24) is 4.90 Å². The molecule has 0 aromatic carbocycles. The summed E-state index contributed by atoms with van der Waals surface area (Å²) >= 11 is 0. The summed E-state index contributed by atoms with van der Waals surface area (Å²) in [6.45, 7) is 7.62. The molecule has 2 amide bonds. The summed E-state index contributed by atoms with van der Waals surface area (Å²) in [5, 5.41) is -1.22. The zero-order chi connectivity index (χ0) is 14.5. The lowest BCUT2D eigenvalue weighted by Gasteiger charge is -2.24. The van der Waals surface area contributed by atoms with Gasteiger partial charge in [-0.05, 0) is 12.5 Å². The van der Waals surface area contributed by atoms with E-state index >= 15 is 0 Å². The third-order valence-corrected chi connectivity index (χ3v) is 3.64. The molecular weight excluding hydrogens is 260 g/mol. The summed E-state index contributed by atoms with van der Waals surface area (Å²) in [7, 11) is -4.33. The maximum absolute atomic E-state index is 11.5. The average molecular weight is 276 g/mol. The smallest absolute Gasteiger partial charge is 0.269 e. The van der Waals surface area contributed by atoms with E-state index < -0.39 is 33.7 Å². The van der Waals surface area contributed by atoms with Crippen molar-refractivity contribution in [2.75, 3.05) is 6.54 Å². The number of nitrogens with zero attached hydrogens (tertiary/aromatic N) is 1. The maximum atomic E-state index is 11.5. The molecule has 7 nitrogen and oxygen atoms in total. The van der Waals surface area contributed by atoms with Gasteiger partial charge in [-0.3, -0.25) is 14.1 Å². The topological polar surface area (TPSA) is 118 Å². The molecule has 0 rings (SSSR count). The number of hydrogen-bond acceptors (Lipinski definition) is 4. The van der Waals surface area contributed by atoms with Crippen LogP contribution in [0.1, 0.15) is 13.3 Å². The molecule has 1 atom stereocenters.